The highest BCUT2D eigenvalue weighted by Crippen LogP contribution is 2.23. The van der Waals surface area contributed by atoms with Crippen LogP contribution in [0.3, 0.4) is 0 Å². The average molecular weight is 830 g/mol. The van der Waals surface area contributed by atoms with Crippen molar-refractivity contribution in [3.63, 3.8) is 0 Å². The Morgan fingerprint density at radius 1 is 0.603 bits per heavy atom. The molecule has 0 aromatic carbocycles. The number of nitrogens with one attached hydrogen (secondary N) is 1. The molecule has 0 radical (unpaired) electrons. The molecule has 1 amide bonds. The monoisotopic (exact) mass is 830 g/mol. The lowest BCUT2D eigenvalue weighted by Gasteiger charge is -2.40. The largest absolute Gasteiger partial charge is 0.394 e. The van der Waals surface area contributed by atoms with Crippen molar-refractivity contribution >= 4 is 5.91 Å². The number of rotatable bonds is 40. The molecule has 58 heavy (non-hydrogen) atoms. The van der Waals surface area contributed by atoms with Gasteiger partial charge in [0.15, 0.2) is 6.29 Å². The fourth-order valence-corrected chi connectivity index (χ4v) is 7.79. The van der Waals surface area contributed by atoms with E-state index in [-0.39, 0.29) is 12.8 Å². The molecule has 11 heteroatoms. The summed E-state index contributed by atoms with van der Waals surface area (Å²) in [6.45, 7) is 3.41. The molecule has 1 aliphatic heterocycles. The van der Waals surface area contributed by atoms with E-state index in [1.165, 1.54) is 141 Å². The minimum Gasteiger partial charge on any atom is -0.394 e. The highest BCUT2D eigenvalue weighted by molar-refractivity contribution is 5.80. The summed E-state index contributed by atoms with van der Waals surface area (Å²) in [5.74, 6) is -0.711. The molecule has 1 fully saturated rings. The second-order valence-corrected chi connectivity index (χ2v) is 17.2. The maximum absolute atomic E-state index is 13.1. The summed E-state index contributed by atoms with van der Waals surface area (Å²) in [5, 5.41) is 75.5. The highest BCUT2D eigenvalue weighted by Gasteiger charge is 2.44. The predicted molar refractivity (Wildman–Crippen MR) is 233 cm³/mol. The summed E-state index contributed by atoms with van der Waals surface area (Å²) in [5.41, 5.74) is 0. The molecule has 0 spiro atoms. The third kappa shape index (κ3) is 26.9. The number of hydrogen-bond donors (Lipinski definition) is 8. The third-order valence-electron chi connectivity index (χ3n) is 11.8. The van der Waals surface area contributed by atoms with E-state index in [1.807, 2.05) is 12.2 Å². The summed E-state index contributed by atoms with van der Waals surface area (Å²) in [6.07, 6.45) is 28.5. The normalized spacial score (nSPS) is 22.0. The first-order valence-corrected chi connectivity index (χ1v) is 24.1. The molecule has 9 atom stereocenters. The number of aliphatic hydroxyl groups excluding tert-OH is 7. The number of aliphatic hydroxyl groups is 7. The zero-order valence-corrected chi connectivity index (χ0v) is 37.0. The Labute approximate surface area is 353 Å². The van der Waals surface area contributed by atoms with Gasteiger partial charge in [0.2, 0.25) is 5.91 Å². The van der Waals surface area contributed by atoms with Gasteiger partial charge < -0.3 is 50.5 Å². The minimum absolute atomic E-state index is 0.132. The van der Waals surface area contributed by atoms with Gasteiger partial charge in [0, 0.05) is 0 Å². The van der Waals surface area contributed by atoms with Gasteiger partial charge in [0.05, 0.1) is 25.4 Å². The second kappa shape index (κ2) is 37.6. The fourth-order valence-electron chi connectivity index (χ4n) is 7.79. The number of carbonyl (C=O) groups excluding carboxylic acids is 1. The molecule has 1 heterocycles. The van der Waals surface area contributed by atoms with Gasteiger partial charge in [0.25, 0.3) is 0 Å². The summed E-state index contributed by atoms with van der Waals surface area (Å²) in [7, 11) is 0. The topological polar surface area (TPSA) is 189 Å². The molecule has 0 aromatic rings. The second-order valence-electron chi connectivity index (χ2n) is 17.2. The summed E-state index contributed by atoms with van der Waals surface area (Å²) >= 11 is 0. The van der Waals surface area contributed by atoms with E-state index in [0.29, 0.717) is 6.42 Å². The molecule has 1 aliphatic rings. The van der Waals surface area contributed by atoms with Gasteiger partial charge in [-0.15, -0.1) is 0 Å². The summed E-state index contributed by atoms with van der Waals surface area (Å²) in [4.78, 5) is 13.1. The molecular formula is C47H91NO10. The standard InChI is InChI=1S/C47H91NO10/c1-3-5-7-9-11-13-15-17-18-19-20-21-22-23-25-27-29-31-33-35-40(51)46(56)48-38(37-57-47-45(55)44(54)43(53)41(36-49)58-47)42(52)39(50)34-32-30-28-26-24-16-14-12-10-8-6-4-2/h30,32,38-45,47,49-55H,3-29,31,33-37H2,1-2H3,(H,48,56). The maximum Gasteiger partial charge on any atom is 0.249 e. The molecule has 0 aliphatic carbocycles. The van der Waals surface area contributed by atoms with E-state index in [1.54, 1.807) is 0 Å². The van der Waals surface area contributed by atoms with Crippen LogP contribution in [-0.4, -0.2) is 110 Å². The van der Waals surface area contributed by atoms with Crippen LogP contribution in [0.25, 0.3) is 0 Å². The third-order valence-corrected chi connectivity index (χ3v) is 11.8. The Bertz CT molecular complexity index is 954. The van der Waals surface area contributed by atoms with Crippen molar-refractivity contribution in [1.82, 2.24) is 5.32 Å². The fraction of sp³-hybridized carbons (Fsp3) is 0.936. The van der Waals surface area contributed by atoms with Crippen molar-refractivity contribution in [3.05, 3.63) is 12.2 Å². The van der Waals surface area contributed by atoms with Crippen molar-refractivity contribution in [2.45, 2.75) is 268 Å². The van der Waals surface area contributed by atoms with Crippen molar-refractivity contribution in [1.29, 1.82) is 0 Å². The summed E-state index contributed by atoms with van der Waals surface area (Å²) < 4.78 is 11.1. The van der Waals surface area contributed by atoms with E-state index < -0.39 is 74.2 Å². The van der Waals surface area contributed by atoms with Crippen LogP contribution in [0, 0.1) is 0 Å². The quantitative estimate of drug-likeness (QED) is 0.0222. The maximum atomic E-state index is 13.1. The van der Waals surface area contributed by atoms with Crippen molar-refractivity contribution in [2.75, 3.05) is 13.2 Å². The van der Waals surface area contributed by atoms with Gasteiger partial charge in [0.1, 0.15) is 36.6 Å². The van der Waals surface area contributed by atoms with Crippen molar-refractivity contribution in [2.24, 2.45) is 0 Å². The van der Waals surface area contributed by atoms with E-state index >= 15 is 0 Å². The van der Waals surface area contributed by atoms with Crippen LogP contribution in [0.5, 0.6) is 0 Å². The van der Waals surface area contributed by atoms with Gasteiger partial charge >= 0.3 is 0 Å². The minimum atomic E-state index is -1.67. The van der Waals surface area contributed by atoms with Crippen LogP contribution < -0.4 is 5.32 Å². The molecule has 11 nitrogen and oxygen atoms in total. The number of ether oxygens (including phenoxy) is 2. The van der Waals surface area contributed by atoms with E-state index in [4.69, 9.17) is 9.47 Å². The molecule has 344 valence electrons. The van der Waals surface area contributed by atoms with Gasteiger partial charge in [-0.25, -0.2) is 0 Å². The average Bonchev–Trinajstić information content (AvgIpc) is 3.22. The lowest BCUT2D eigenvalue weighted by molar-refractivity contribution is -0.303. The number of carbonyl (C=O) groups is 1. The Balaban J connectivity index is 2.42. The number of hydrogen-bond acceptors (Lipinski definition) is 10. The van der Waals surface area contributed by atoms with Gasteiger partial charge in [-0.3, -0.25) is 4.79 Å². The van der Waals surface area contributed by atoms with Crippen molar-refractivity contribution < 1.29 is 50.0 Å². The first-order valence-electron chi connectivity index (χ1n) is 24.1. The Morgan fingerprint density at radius 3 is 1.48 bits per heavy atom. The van der Waals surface area contributed by atoms with E-state index in [9.17, 15) is 40.5 Å². The molecule has 9 unspecified atom stereocenters. The predicted octanol–water partition coefficient (Wildman–Crippen LogP) is 8.06. The van der Waals surface area contributed by atoms with Gasteiger partial charge in [-0.1, -0.05) is 199 Å². The first-order chi connectivity index (χ1) is 28.2. The lowest BCUT2D eigenvalue weighted by atomic mass is 9.99. The Kier molecular flexibility index (Phi) is 35.6. The van der Waals surface area contributed by atoms with Gasteiger partial charge in [-0.05, 0) is 25.7 Å². The molecule has 1 rings (SSSR count). The van der Waals surface area contributed by atoms with Crippen LogP contribution in [0.2, 0.25) is 0 Å². The SMILES string of the molecule is CCCCCCCCCCCC=CCC(O)C(O)C(COC1OC(CO)C(O)C(O)C1O)NC(=O)C(O)CCCCCCCCCCCCCCCCCCCCC. The molecule has 0 saturated carbocycles. The smallest absolute Gasteiger partial charge is 0.249 e. The van der Waals surface area contributed by atoms with E-state index in [0.717, 1.165) is 38.5 Å². The lowest BCUT2D eigenvalue weighted by Crippen LogP contribution is -2.60. The number of unbranched alkanes of at least 4 members (excludes halogenated alkanes) is 27. The molecule has 1 saturated heterocycles. The molecule has 8 N–H and O–H groups in total. The Hall–Kier alpha value is -1.15. The number of allylic oxidation sites excluding steroid dienone is 1. The zero-order chi connectivity index (χ0) is 42.6. The molecule has 0 aromatic heterocycles. The Morgan fingerprint density at radius 2 is 1.03 bits per heavy atom. The number of amides is 1. The zero-order valence-electron chi connectivity index (χ0n) is 37.0. The van der Waals surface area contributed by atoms with Crippen LogP contribution in [0.4, 0.5) is 0 Å². The van der Waals surface area contributed by atoms with Crippen LogP contribution >= 0.6 is 0 Å². The van der Waals surface area contributed by atoms with Gasteiger partial charge in [-0.2, -0.15) is 0 Å². The molecule has 0 bridgehead atoms. The highest BCUT2D eigenvalue weighted by atomic mass is 16.7. The van der Waals surface area contributed by atoms with Crippen LogP contribution in [0.1, 0.15) is 213 Å². The molecular weight excluding hydrogens is 739 g/mol. The van der Waals surface area contributed by atoms with Crippen LogP contribution in [0.15, 0.2) is 12.2 Å². The first kappa shape index (κ1) is 54.9. The van der Waals surface area contributed by atoms with Crippen molar-refractivity contribution in [3.8, 4) is 0 Å². The van der Waals surface area contributed by atoms with E-state index in [2.05, 4.69) is 19.2 Å². The van der Waals surface area contributed by atoms with Crippen LogP contribution in [-0.2, 0) is 14.3 Å². The summed E-state index contributed by atoms with van der Waals surface area (Å²) in [6, 6.07) is -1.19.